The third kappa shape index (κ3) is 6.13. The van der Waals surface area contributed by atoms with Crippen LogP contribution >= 0.6 is 0 Å². The number of carbonyl (C=O) groups excluding carboxylic acids is 2. The molecule has 27 heavy (non-hydrogen) atoms. The SMILES string of the molecule is CCC(=O)N(Cc1ccc(OC)cc1)[C@@H](C)C(=O)NCCc1ccccc1. The van der Waals surface area contributed by atoms with E-state index in [2.05, 4.69) is 5.32 Å². The first-order chi connectivity index (χ1) is 13.0. The third-order valence-corrected chi connectivity index (χ3v) is 4.54. The monoisotopic (exact) mass is 368 g/mol. The fraction of sp³-hybridized carbons (Fsp3) is 0.364. The highest BCUT2D eigenvalue weighted by Crippen LogP contribution is 2.15. The molecule has 0 heterocycles. The molecule has 0 unspecified atom stereocenters. The molecule has 5 heteroatoms. The zero-order valence-electron chi connectivity index (χ0n) is 16.3. The minimum atomic E-state index is -0.532. The molecule has 0 bridgehead atoms. The maximum Gasteiger partial charge on any atom is 0.242 e. The Morgan fingerprint density at radius 2 is 1.70 bits per heavy atom. The van der Waals surface area contributed by atoms with Crippen molar-refractivity contribution in [1.82, 2.24) is 10.2 Å². The zero-order chi connectivity index (χ0) is 19.6. The largest absolute Gasteiger partial charge is 0.497 e. The van der Waals surface area contributed by atoms with Crippen LogP contribution in [-0.4, -0.2) is 36.4 Å². The van der Waals surface area contributed by atoms with Gasteiger partial charge in [-0.05, 0) is 36.6 Å². The van der Waals surface area contributed by atoms with Gasteiger partial charge in [0.2, 0.25) is 11.8 Å². The molecule has 0 radical (unpaired) electrons. The van der Waals surface area contributed by atoms with Gasteiger partial charge in [-0.25, -0.2) is 0 Å². The van der Waals surface area contributed by atoms with Crippen molar-refractivity contribution in [2.45, 2.75) is 39.3 Å². The van der Waals surface area contributed by atoms with E-state index in [9.17, 15) is 9.59 Å². The first-order valence-corrected chi connectivity index (χ1v) is 9.29. The van der Waals surface area contributed by atoms with Gasteiger partial charge in [0.15, 0.2) is 0 Å². The van der Waals surface area contributed by atoms with Crippen LogP contribution in [0.2, 0.25) is 0 Å². The summed E-state index contributed by atoms with van der Waals surface area (Å²) in [5.74, 6) is 0.580. The molecule has 2 rings (SSSR count). The average molecular weight is 368 g/mol. The molecule has 0 aliphatic rings. The van der Waals surface area contributed by atoms with Gasteiger partial charge >= 0.3 is 0 Å². The predicted octanol–water partition coefficient (Wildman–Crippen LogP) is 3.18. The zero-order valence-corrected chi connectivity index (χ0v) is 16.3. The Morgan fingerprint density at radius 3 is 2.30 bits per heavy atom. The summed E-state index contributed by atoms with van der Waals surface area (Å²) in [6, 6.07) is 17.0. The highest BCUT2D eigenvalue weighted by atomic mass is 16.5. The third-order valence-electron chi connectivity index (χ3n) is 4.54. The maximum atomic E-state index is 12.6. The molecule has 1 atom stereocenters. The van der Waals surface area contributed by atoms with Crippen molar-refractivity contribution in [3.05, 3.63) is 65.7 Å². The summed E-state index contributed by atoms with van der Waals surface area (Å²) in [6.45, 7) is 4.52. The number of benzene rings is 2. The Kier molecular flexibility index (Phi) is 7.86. The van der Waals surface area contributed by atoms with E-state index in [0.717, 1.165) is 17.7 Å². The van der Waals surface area contributed by atoms with E-state index in [1.165, 1.54) is 5.56 Å². The number of rotatable bonds is 9. The molecule has 0 aliphatic heterocycles. The molecule has 0 fully saturated rings. The summed E-state index contributed by atoms with van der Waals surface area (Å²) in [4.78, 5) is 26.6. The Bertz CT molecular complexity index is 729. The molecule has 0 aliphatic carbocycles. The topological polar surface area (TPSA) is 58.6 Å². The summed E-state index contributed by atoms with van der Waals surface area (Å²) >= 11 is 0. The van der Waals surface area contributed by atoms with E-state index >= 15 is 0 Å². The van der Waals surface area contributed by atoms with E-state index in [1.807, 2.05) is 61.5 Å². The van der Waals surface area contributed by atoms with E-state index in [0.29, 0.717) is 19.5 Å². The lowest BCUT2D eigenvalue weighted by molar-refractivity contribution is -0.140. The van der Waals surface area contributed by atoms with Crippen LogP contribution in [0.4, 0.5) is 0 Å². The van der Waals surface area contributed by atoms with Crippen molar-refractivity contribution in [2.75, 3.05) is 13.7 Å². The van der Waals surface area contributed by atoms with Gasteiger partial charge < -0.3 is 15.0 Å². The summed E-state index contributed by atoms with van der Waals surface area (Å²) in [5, 5.41) is 2.94. The Labute approximate surface area is 161 Å². The summed E-state index contributed by atoms with van der Waals surface area (Å²) in [6.07, 6.45) is 1.12. The smallest absolute Gasteiger partial charge is 0.242 e. The van der Waals surface area contributed by atoms with Gasteiger partial charge in [-0.3, -0.25) is 9.59 Å². The van der Waals surface area contributed by atoms with Crippen LogP contribution in [0.3, 0.4) is 0 Å². The summed E-state index contributed by atoms with van der Waals surface area (Å²) in [7, 11) is 1.61. The number of nitrogens with zero attached hydrogens (tertiary/aromatic N) is 1. The highest BCUT2D eigenvalue weighted by molar-refractivity contribution is 5.87. The number of hydrogen-bond donors (Lipinski definition) is 1. The molecule has 0 spiro atoms. The molecular formula is C22H28N2O3. The summed E-state index contributed by atoms with van der Waals surface area (Å²) in [5.41, 5.74) is 2.13. The van der Waals surface area contributed by atoms with Crippen molar-refractivity contribution < 1.29 is 14.3 Å². The van der Waals surface area contributed by atoms with Gasteiger partial charge in [0.1, 0.15) is 11.8 Å². The molecule has 5 nitrogen and oxygen atoms in total. The Balaban J connectivity index is 1.96. The molecule has 2 amide bonds. The molecule has 2 aromatic rings. The average Bonchev–Trinajstić information content (AvgIpc) is 2.72. The van der Waals surface area contributed by atoms with Crippen molar-refractivity contribution >= 4 is 11.8 Å². The van der Waals surface area contributed by atoms with E-state index in [1.54, 1.807) is 18.9 Å². The maximum absolute atomic E-state index is 12.6. The lowest BCUT2D eigenvalue weighted by atomic mass is 10.1. The quantitative estimate of drug-likeness (QED) is 0.740. The number of carbonyl (C=O) groups is 2. The fourth-order valence-electron chi connectivity index (χ4n) is 2.84. The Morgan fingerprint density at radius 1 is 1.04 bits per heavy atom. The summed E-state index contributed by atoms with van der Waals surface area (Å²) < 4.78 is 5.16. The molecule has 0 saturated heterocycles. The van der Waals surface area contributed by atoms with E-state index in [4.69, 9.17) is 4.74 Å². The second kappa shape index (κ2) is 10.4. The van der Waals surface area contributed by atoms with Crippen LogP contribution < -0.4 is 10.1 Å². The lowest BCUT2D eigenvalue weighted by Gasteiger charge is -2.28. The van der Waals surface area contributed by atoms with Crippen LogP contribution in [0.25, 0.3) is 0 Å². The van der Waals surface area contributed by atoms with Gasteiger partial charge in [-0.15, -0.1) is 0 Å². The molecule has 144 valence electrons. The molecule has 2 aromatic carbocycles. The number of methoxy groups -OCH3 is 1. The minimum Gasteiger partial charge on any atom is -0.497 e. The van der Waals surface area contributed by atoms with Gasteiger partial charge in [0.25, 0.3) is 0 Å². The minimum absolute atomic E-state index is 0.0449. The number of nitrogens with one attached hydrogen (secondary N) is 1. The van der Waals surface area contributed by atoms with Crippen molar-refractivity contribution in [3.63, 3.8) is 0 Å². The van der Waals surface area contributed by atoms with Crippen LogP contribution in [-0.2, 0) is 22.6 Å². The van der Waals surface area contributed by atoms with E-state index in [-0.39, 0.29) is 11.8 Å². The van der Waals surface area contributed by atoms with Gasteiger partial charge in [0.05, 0.1) is 7.11 Å². The van der Waals surface area contributed by atoms with E-state index < -0.39 is 6.04 Å². The van der Waals surface area contributed by atoms with Crippen molar-refractivity contribution in [1.29, 1.82) is 0 Å². The van der Waals surface area contributed by atoms with Crippen LogP contribution in [0.5, 0.6) is 5.75 Å². The van der Waals surface area contributed by atoms with Gasteiger partial charge in [-0.2, -0.15) is 0 Å². The molecular weight excluding hydrogens is 340 g/mol. The molecule has 0 aromatic heterocycles. The second-order valence-corrected chi connectivity index (χ2v) is 6.43. The van der Waals surface area contributed by atoms with Crippen LogP contribution in [0.15, 0.2) is 54.6 Å². The lowest BCUT2D eigenvalue weighted by Crippen LogP contribution is -2.47. The molecule has 1 N–H and O–H groups in total. The highest BCUT2D eigenvalue weighted by Gasteiger charge is 2.24. The van der Waals surface area contributed by atoms with Gasteiger partial charge in [-0.1, -0.05) is 49.4 Å². The number of amides is 2. The number of hydrogen-bond acceptors (Lipinski definition) is 3. The van der Waals surface area contributed by atoms with Crippen LogP contribution in [0.1, 0.15) is 31.4 Å². The standard InChI is InChI=1S/C22H28N2O3/c1-4-21(25)24(16-19-10-12-20(27-3)13-11-19)17(2)22(26)23-15-14-18-8-6-5-7-9-18/h5-13,17H,4,14-16H2,1-3H3,(H,23,26)/t17-/m0/s1. The second-order valence-electron chi connectivity index (χ2n) is 6.43. The number of ether oxygens (including phenoxy) is 1. The predicted molar refractivity (Wildman–Crippen MR) is 106 cm³/mol. The first-order valence-electron chi connectivity index (χ1n) is 9.29. The first kappa shape index (κ1) is 20.5. The Hall–Kier alpha value is -2.82. The van der Waals surface area contributed by atoms with Crippen LogP contribution in [0, 0.1) is 0 Å². The van der Waals surface area contributed by atoms with Crippen molar-refractivity contribution in [3.8, 4) is 5.75 Å². The fourth-order valence-corrected chi connectivity index (χ4v) is 2.84. The molecule has 0 saturated carbocycles. The van der Waals surface area contributed by atoms with Gasteiger partial charge in [0, 0.05) is 19.5 Å². The normalized spacial score (nSPS) is 11.5. The van der Waals surface area contributed by atoms with Crippen molar-refractivity contribution in [2.24, 2.45) is 0 Å².